The van der Waals surface area contributed by atoms with Crippen LogP contribution in [0.2, 0.25) is 0 Å². The van der Waals surface area contributed by atoms with E-state index in [-0.39, 0.29) is 29.4 Å². The van der Waals surface area contributed by atoms with E-state index in [1.54, 1.807) is 18.2 Å². The molecule has 3 rings (SSSR count). The Labute approximate surface area is 120 Å². The number of hydrogen-bond acceptors (Lipinski definition) is 4. The average molecular weight is 291 g/mol. The van der Waals surface area contributed by atoms with Crippen LogP contribution < -0.4 is 0 Å². The Morgan fingerprint density at radius 1 is 1.40 bits per heavy atom. The molecule has 0 bridgehead atoms. The number of Topliss-reactive ketones (excluding diaryl/α,β-unsaturated/α-hetero) is 2. The van der Waals surface area contributed by atoms with Gasteiger partial charge in [-0.3, -0.25) is 9.59 Å². The first-order valence-electron chi connectivity index (χ1n) is 6.08. The molecule has 1 aliphatic heterocycles. The van der Waals surface area contributed by atoms with Gasteiger partial charge in [0.25, 0.3) is 0 Å². The molecule has 4 nitrogen and oxygen atoms in total. The van der Waals surface area contributed by atoms with E-state index in [2.05, 4.69) is 6.58 Å². The van der Waals surface area contributed by atoms with Crippen molar-refractivity contribution in [3.8, 4) is 0 Å². The molecule has 0 amide bonds. The van der Waals surface area contributed by atoms with Gasteiger partial charge >= 0.3 is 0 Å². The highest BCUT2D eigenvalue weighted by atomic mass is 35.5. The van der Waals surface area contributed by atoms with Gasteiger partial charge in [0, 0.05) is 17.5 Å². The minimum absolute atomic E-state index is 0.0392. The largest absolute Gasteiger partial charge is 0.488 e. The average Bonchev–Trinajstić information content (AvgIpc) is 2.44. The van der Waals surface area contributed by atoms with Crippen LogP contribution in [0, 0.1) is 0 Å². The SMILES string of the molecule is C=CCC1(O)COC2=C(Cl)C(=O)C(=O)c3cccc1c32. The molecular weight excluding hydrogens is 280 g/mol. The van der Waals surface area contributed by atoms with Crippen LogP contribution in [0.3, 0.4) is 0 Å². The molecule has 20 heavy (non-hydrogen) atoms. The maximum Gasteiger partial charge on any atom is 0.248 e. The van der Waals surface area contributed by atoms with E-state index in [1.807, 2.05) is 0 Å². The molecular formula is C15H11ClO4. The van der Waals surface area contributed by atoms with E-state index in [1.165, 1.54) is 6.07 Å². The van der Waals surface area contributed by atoms with E-state index < -0.39 is 17.2 Å². The maximum absolute atomic E-state index is 12.0. The minimum atomic E-state index is -1.27. The Kier molecular flexibility index (Phi) is 2.81. The van der Waals surface area contributed by atoms with Crippen molar-refractivity contribution in [1.29, 1.82) is 0 Å². The number of carbonyl (C=O) groups excluding carboxylic acids is 2. The van der Waals surface area contributed by atoms with Crippen molar-refractivity contribution in [1.82, 2.24) is 0 Å². The molecule has 1 aliphatic carbocycles. The van der Waals surface area contributed by atoms with Crippen molar-refractivity contribution in [2.24, 2.45) is 0 Å². The van der Waals surface area contributed by atoms with Crippen molar-refractivity contribution < 1.29 is 19.4 Å². The monoisotopic (exact) mass is 290 g/mol. The Morgan fingerprint density at radius 3 is 2.85 bits per heavy atom. The second-order valence-electron chi connectivity index (χ2n) is 4.84. The van der Waals surface area contributed by atoms with E-state index in [9.17, 15) is 14.7 Å². The van der Waals surface area contributed by atoms with Gasteiger partial charge in [-0.1, -0.05) is 35.9 Å². The summed E-state index contributed by atoms with van der Waals surface area (Å²) in [7, 11) is 0. The first kappa shape index (κ1) is 13.1. The standard InChI is InChI=1S/C15H11ClO4/c1-2-6-15(19)7-20-14-10-8(4-3-5-9(10)15)12(17)13(18)11(14)16/h2-5,19H,1,6-7H2. The van der Waals surface area contributed by atoms with Crippen LogP contribution in [0.25, 0.3) is 5.76 Å². The van der Waals surface area contributed by atoms with Crippen LogP contribution in [-0.4, -0.2) is 23.3 Å². The van der Waals surface area contributed by atoms with Gasteiger partial charge in [-0.2, -0.15) is 0 Å². The van der Waals surface area contributed by atoms with Crippen molar-refractivity contribution in [2.75, 3.05) is 6.61 Å². The second kappa shape index (κ2) is 4.30. The number of ketones is 2. The summed E-state index contributed by atoms with van der Waals surface area (Å²) >= 11 is 5.91. The third-order valence-corrected chi connectivity index (χ3v) is 3.92. The second-order valence-corrected chi connectivity index (χ2v) is 5.22. The van der Waals surface area contributed by atoms with Crippen LogP contribution in [-0.2, 0) is 15.1 Å². The molecule has 0 saturated carbocycles. The van der Waals surface area contributed by atoms with Crippen LogP contribution in [0.1, 0.15) is 27.9 Å². The topological polar surface area (TPSA) is 63.6 Å². The summed E-state index contributed by atoms with van der Waals surface area (Å²) in [4.78, 5) is 23.8. The molecule has 1 heterocycles. The third kappa shape index (κ3) is 1.58. The molecule has 1 aromatic carbocycles. The Morgan fingerprint density at radius 2 is 2.15 bits per heavy atom. The summed E-state index contributed by atoms with van der Waals surface area (Å²) in [5.41, 5.74) is -0.101. The first-order chi connectivity index (χ1) is 9.49. The van der Waals surface area contributed by atoms with Gasteiger partial charge in [-0.05, 0) is 5.56 Å². The van der Waals surface area contributed by atoms with Gasteiger partial charge in [0.1, 0.15) is 17.2 Å². The molecule has 2 aliphatic rings. The van der Waals surface area contributed by atoms with Crippen molar-refractivity contribution >= 4 is 28.9 Å². The van der Waals surface area contributed by atoms with Crippen molar-refractivity contribution in [3.05, 3.63) is 52.6 Å². The lowest BCUT2D eigenvalue weighted by molar-refractivity contribution is -0.111. The fourth-order valence-corrected chi connectivity index (χ4v) is 2.86. The molecule has 1 N–H and O–H groups in total. The highest BCUT2D eigenvalue weighted by molar-refractivity contribution is 6.64. The molecule has 0 fully saturated rings. The quantitative estimate of drug-likeness (QED) is 0.669. The van der Waals surface area contributed by atoms with Gasteiger partial charge in [0.15, 0.2) is 5.76 Å². The molecule has 0 radical (unpaired) electrons. The van der Waals surface area contributed by atoms with Gasteiger partial charge in [0.2, 0.25) is 11.6 Å². The van der Waals surface area contributed by atoms with Crippen LogP contribution in [0.15, 0.2) is 35.9 Å². The van der Waals surface area contributed by atoms with Gasteiger partial charge in [0.05, 0.1) is 0 Å². The van der Waals surface area contributed by atoms with Crippen LogP contribution >= 0.6 is 11.6 Å². The van der Waals surface area contributed by atoms with Gasteiger partial charge < -0.3 is 9.84 Å². The molecule has 1 atom stereocenters. The summed E-state index contributed by atoms with van der Waals surface area (Å²) < 4.78 is 5.46. The molecule has 5 heteroatoms. The summed E-state index contributed by atoms with van der Waals surface area (Å²) in [5, 5.41) is 10.4. The van der Waals surface area contributed by atoms with E-state index in [4.69, 9.17) is 16.3 Å². The zero-order valence-corrected chi connectivity index (χ0v) is 11.2. The smallest absolute Gasteiger partial charge is 0.248 e. The Hall–Kier alpha value is -1.91. The summed E-state index contributed by atoms with van der Waals surface area (Å²) in [6.07, 6.45) is 1.85. The molecule has 102 valence electrons. The molecule has 1 aromatic rings. The van der Waals surface area contributed by atoms with Crippen molar-refractivity contribution in [2.45, 2.75) is 12.0 Å². The van der Waals surface area contributed by atoms with Crippen molar-refractivity contribution in [3.63, 3.8) is 0 Å². The van der Waals surface area contributed by atoms with E-state index in [0.717, 1.165) is 0 Å². The zero-order valence-electron chi connectivity index (χ0n) is 10.5. The predicted octanol–water partition coefficient (Wildman–Crippen LogP) is 2.15. The number of rotatable bonds is 2. The number of allylic oxidation sites excluding steroid dienone is 1. The lowest BCUT2D eigenvalue weighted by atomic mass is 9.79. The summed E-state index contributed by atoms with van der Waals surface area (Å²) in [5.74, 6) is -1.28. The number of benzene rings is 1. The minimum Gasteiger partial charge on any atom is -0.488 e. The highest BCUT2D eigenvalue weighted by Crippen LogP contribution is 2.44. The predicted molar refractivity (Wildman–Crippen MR) is 73.2 cm³/mol. The van der Waals surface area contributed by atoms with Crippen LogP contribution in [0.5, 0.6) is 0 Å². The summed E-state index contributed by atoms with van der Waals surface area (Å²) in [6, 6.07) is 4.87. The highest BCUT2D eigenvalue weighted by Gasteiger charge is 2.43. The number of halogens is 1. The number of hydrogen-bond donors (Lipinski definition) is 1. The Balaban J connectivity index is 2.33. The third-order valence-electron chi connectivity index (χ3n) is 3.58. The van der Waals surface area contributed by atoms with Gasteiger partial charge in [-0.25, -0.2) is 0 Å². The fourth-order valence-electron chi connectivity index (χ4n) is 2.62. The summed E-state index contributed by atoms with van der Waals surface area (Å²) in [6.45, 7) is 3.58. The lowest BCUT2D eigenvalue weighted by Gasteiger charge is -2.37. The maximum atomic E-state index is 12.0. The van der Waals surface area contributed by atoms with E-state index in [0.29, 0.717) is 11.1 Å². The number of aliphatic hydroxyl groups is 1. The normalized spacial score (nSPS) is 24.3. The molecule has 0 spiro atoms. The van der Waals surface area contributed by atoms with Crippen LogP contribution in [0.4, 0.5) is 0 Å². The number of ether oxygens (including phenoxy) is 1. The fraction of sp³-hybridized carbons (Fsp3) is 0.200. The zero-order chi connectivity index (χ0) is 14.5. The Bertz CT molecular complexity index is 689. The number of carbonyl (C=O) groups is 2. The lowest BCUT2D eigenvalue weighted by Crippen LogP contribution is -2.38. The van der Waals surface area contributed by atoms with E-state index >= 15 is 0 Å². The molecule has 0 saturated heterocycles. The molecule has 0 aromatic heterocycles. The molecule has 1 unspecified atom stereocenters. The van der Waals surface area contributed by atoms with Gasteiger partial charge in [-0.15, -0.1) is 6.58 Å². The first-order valence-corrected chi connectivity index (χ1v) is 6.46.